The Balaban J connectivity index is 2.00. The van der Waals surface area contributed by atoms with Gasteiger partial charge in [-0.2, -0.15) is 0 Å². The van der Waals surface area contributed by atoms with Gasteiger partial charge >= 0.3 is 0 Å². The predicted molar refractivity (Wildman–Crippen MR) is 71.1 cm³/mol. The van der Waals surface area contributed by atoms with E-state index in [-0.39, 0.29) is 24.2 Å². The van der Waals surface area contributed by atoms with Crippen LogP contribution in [0.3, 0.4) is 0 Å². The number of hydrogen-bond acceptors (Lipinski definition) is 3. The van der Waals surface area contributed by atoms with Gasteiger partial charge in [-0.3, -0.25) is 0 Å². The van der Waals surface area contributed by atoms with Gasteiger partial charge in [-0.05, 0) is 68.6 Å². The topological polar surface area (TPSA) is 60.7 Å². The van der Waals surface area contributed by atoms with Crippen LogP contribution in [-0.2, 0) is 0 Å². The Morgan fingerprint density at radius 2 is 1.11 bits per heavy atom. The fourth-order valence-electron chi connectivity index (χ4n) is 4.06. The molecule has 0 aromatic heterocycles. The molecule has 0 aromatic carbocycles. The minimum atomic E-state index is -0.127. The van der Waals surface area contributed by atoms with E-state index in [1.165, 1.54) is 0 Å². The van der Waals surface area contributed by atoms with E-state index in [2.05, 4.69) is 6.92 Å². The van der Waals surface area contributed by atoms with E-state index < -0.39 is 0 Å². The van der Waals surface area contributed by atoms with Crippen LogP contribution in [0.5, 0.6) is 0 Å². The van der Waals surface area contributed by atoms with Crippen molar-refractivity contribution in [3.05, 3.63) is 0 Å². The maximum atomic E-state index is 9.90. The van der Waals surface area contributed by atoms with E-state index in [0.717, 1.165) is 51.4 Å². The van der Waals surface area contributed by atoms with Crippen LogP contribution in [0.15, 0.2) is 0 Å². The highest BCUT2D eigenvalue weighted by Crippen LogP contribution is 2.48. The van der Waals surface area contributed by atoms with Crippen LogP contribution in [0.25, 0.3) is 0 Å². The first-order valence-electron chi connectivity index (χ1n) is 7.53. The second-order valence-corrected chi connectivity index (χ2v) is 6.67. The van der Waals surface area contributed by atoms with Crippen molar-refractivity contribution >= 4 is 0 Å². The zero-order chi connectivity index (χ0) is 13.2. The molecular weight excluding hydrogens is 228 g/mol. The fraction of sp³-hybridized carbons (Fsp3) is 1.00. The minimum absolute atomic E-state index is 0.0136. The van der Waals surface area contributed by atoms with Crippen molar-refractivity contribution in [2.45, 2.75) is 70.5 Å². The standard InChI is InChI=1S/C15H28O3/c1-15(10-16,11-2-6-13(17)7-3-11)12-4-8-14(18)9-5-12/h11-14,16-18H,2-10H2,1H3. The molecule has 0 aliphatic heterocycles. The number of aliphatic hydroxyl groups excluding tert-OH is 3. The molecule has 0 saturated heterocycles. The van der Waals surface area contributed by atoms with E-state index in [1.807, 2.05) is 0 Å². The maximum absolute atomic E-state index is 9.90. The Morgan fingerprint density at radius 3 is 1.39 bits per heavy atom. The fourth-order valence-corrected chi connectivity index (χ4v) is 4.06. The van der Waals surface area contributed by atoms with Crippen LogP contribution < -0.4 is 0 Å². The molecule has 106 valence electrons. The molecule has 3 N–H and O–H groups in total. The molecule has 2 aliphatic rings. The number of aliphatic hydroxyl groups is 3. The largest absolute Gasteiger partial charge is 0.396 e. The summed E-state index contributed by atoms with van der Waals surface area (Å²) in [5.41, 5.74) is -0.0136. The van der Waals surface area contributed by atoms with E-state index in [4.69, 9.17) is 0 Å². The van der Waals surface area contributed by atoms with Crippen molar-refractivity contribution in [2.75, 3.05) is 6.61 Å². The molecule has 0 radical (unpaired) electrons. The zero-order valence-electron chi connectivity index (χ0n) is 11.5. The molecule has 3 nitrogen and oxygen atoms in total. The second-order valence-electron chi connectivity index (χ2n) is 6.67. The summed E-state index contributed by atoms with van der Waals surface area (Å²) >= 11 is 0. The first-order chi connectivity index (χ1) is 8.56. The van der Waals surface area contributed by atoms with Crippen LogP contribution in [0.2, 0.25) is 0 Å². The third-order valence-electron chi connectivity index (χ3n) is 5.60. The van der Waals surface area contributed by atoms with Crippen LogP contribution >= 0.6 is 0 Å². The quantitative estimate of drug-likeness (QED) is 0.724. The Kier molecular flexibility index (Phi) is 4.68. The van der Waals surface area contributed by atoms with Gasteiger partial charge in [0.1, 0.15) is 0 Å². The zero-order valence-corrected chi connectivity index (χ0v) is 11.5. The monoisotopic (exact) mass is 256 g/mol. The Hall–Kier alpha value is -0.120. The molecule has 0 heterocycles. The molecule has 2 aliphatic carbocycles. The normalized spacial score (nSPS) is 41.3. The lowest BCUT2D eigenvalue weighted by molar-refractivity contribution is -0.0421. The van der Waals surface area contributed by atoms with Crippen molar-refractivity contribution in [1.29, 1.82) is 0 Å². The second kappa shape index (κ2) is 5.89. The SMILES string of the molecule is CC(CO)(C1CCC(O)CC1)C1CCC(O)CC1. The van der Waals surface area contributed by atoms with E-state index in [0.29, 0.717) is 11.8 Å². The van der Waals surface area contributed by atoms with Gasteiger partial charge in [0, 0.05) is 6.61 Å². The van der Waals surface area contributed by atoms with Gasteiger partial charge in [0.15, 0.2) is 0 Å². The molecule has 0 atom stereocenters. The van der Waals surface area contributed by atoms with Gasteiger partial charge < -0.3 is 15.3 Å². The van der Waals surface area contributed by atoms with Crippen molar-refractivity contribution in [3.63, 3.8) is 0 Å². The number of hydrogen-bond donors (Lipinski definition) is 3. The molecule has 0 unspecified atom stereocenters. The third-order valence-corrected chi connectivity index (χ3v) is 5.60. The summed E-state index contributed by atoms with van der Waals surface area (Å²) in [6.45, 7) is 2.46. The summed E-state index contributed by atoms with van der Waals surface area (Å²) in [5, 5.41) is 29.1. The van der Waals surface area contributed by atoms with Crippen LogP contribution in [0.1, 0.15) is 58.3 Å². The first-order valence-corrected chi connectivity index (χ1v) is 7.53. The van der Waals surface area contributed by atoms with Gasteiger partial charge in [0.05, 0.1) is 12.2 Å². The Morgan fingerprint density at radius 1 is 0.778 bits per heavy atom. The molecule has 2 fully saturated rings. The summed E-state index contributed by atoms with van der Waals surface area (Å²) < 4.78 is 0. The first kappa shape index (κ1) is 14.3. The Labute approximate surface area is 110 Å². The van der Waals surface area contributed by atoms with Crippen molar-refractivity contribution < 1.29 is 15.3 Å². The maximum Gasteiger partial charge on any atom is 0.0540 e. The van der Waals surface area contributed by atoms with Crippen molar-refractivity contribution in [1.82, 2.24) is 0 Å². The van der Waals surface area contributed by atoms with Crippen LogP contribution in [0, 0.1) is 17.3 Å². The molecule has 2 rings (SSSR count). The highest BCUT2D eigenvalue weighted by molar-refractivity contribution is 4.92. The summed E-state index contributed by atoms with van der Waals surface area (Å²) in [5.74, 6) is 1.07. The van der Waals surface area contributed by atoms with E-state index in [9.17, 15) is 15.3 Å². The third kappa shape index (κ3) is 2.89. The summed E-state index contributed by atoms with van der Waals surface area (Å²) in [6, 6.07) is 0. The smallest absolute Gasteiger partial charge is 0.0540 e. The average Bonchev–Trinajstić information content (AvgIpc) is 2.39. The van der Waals surface area contributed by atoms with Gasteiger partial charge in [-0.1, -0.05) is 6.92 Å². The lowest BCUT2D eigenvalue weighted by Crippen LogP contribution is -2.43. The summed E-state index contributed by atoms with van der Waals surface area (Å²) in [6.07, 6.45) is 7.44. The molecule has 2 saturated carbocycles. The average molecular weight is 256 g/mol. The molecule has 0 spiro atoms. The van der Waals surface area contributed by atoms with E-state index >= 15 is 0 Å². The van der Waals surface area contributed by atoms with Crippen LogP contribution in [-0.4, -0.2) is 34.1 Å². The lowest BCUT2D eigenvalue weighted by Gasteiger charge is -2.47. The molecule has 0 bridgehead atoms. The predicted octanol–water partition coefficient (Wildman–Crippen LogP) is 2.09. The molecule has 3 heteroatoms. The van der Waals surface area contributed by atoms with E-state index in [1.54, 1.807) is 0 Å². The van der Waals surface area contributed by atoms with Crippen molar-refractivity contribution in [2.24, 2.45) is 17.3 Å². The molecule has 0 aromatic rings. The van der Waals surface area contributed by atoms with Crippen LogP contribution in [0.4, 0.5) is 0 Å². The lowest BCUT2D eigenvalue weighted by atomic mass is 9.60. The van der Waals surface area contributed by atoms with Gasteiger partial charge in [0.25, 0.3) is 0 Å². The summed E-state index contributed by atoms with van der Waals surface area (Å²) in [4.78, 5) is 0. The van der Waals surface area contributed by atoms with Crippen molar-refractivity contribution in [3.8, 4) is 0 Å². The van der Waals surface area contributed by atoms with Gasteiger partial charge in [0.2, 0.25) is 0 Å². The minimum Gasteiger partial charge on any atom is -0.396 e. The highest BCUT2D eigenvalue weighted by Gasteiger charge is 2.43. The summed E-state index contributed by atoms with van der Waals surface area (Å²) in [7, 11) is 0. The Bertz CT molecular complexity index is 228. The number of rotatable bonds is 3. The van der Waals surface area contributed by atoms with Gasteiger partial charge in [-0.15, -0.1) is 0 Å². The molecule has 18 heavy (non-hydrogen) atoms. The highest BCUT2D eigenvalue weighted by atomic mass is 16.3. The van der Waals surface area contributed by atoms with Gasteiger partial charge in [-0.25, -0.2) is 0 Å². The molecule has 0 amide bonds. The molecular formula is C15H28O3.